The minimum absolute atomic E-state index is 0.0568. The third-order valence-electron chi connectivity index (χ3n) is 3.84. The van der Waals surface area contributed by atoms with Crippen LogP contribution in [0.2, 0.25) is 0 Å². The summed E-state index contributed by atoms with van der Waals surface area (Å²) in [4.78, 5) is 0. The zero-order valence-electron chi connectivity index (χ0n) is 12.2. The zero-order valence-corrected chi connectivity index (χ0v) is 13.0. The molecule has 120 valence electrons. The molecule has 6 heteroatoms. The predicted molar refractivity (Wildman–Crippen MR) is 89.8 cm³/mol. The summed E-state index contributed by atoms with van der Waals surface area (Å²) in [5.41, 5.74) is 2.59. The van der Waals surface area contributed by atoms with Crippen LogP contribution in [0.1, 0.15) is 23.1 Å². The fourth-order valence-corrected chi connectivity index (χ4v) is 3.00. The molecule has 0 aromatic heterocycles. The summed E-state index contributed by atoms with van der Waals surface area (Å²) in [6.07, 6.45) is -1.17. The van der Waals surface area contributed by atoms with Crippen molar-refractivity contribution in [2.45, 2.75) is 25.4 Å². The van der Waals surface area contributed by atoms with Crippen molar-refractivity contribution in [1.29, 1.82) is 0 Å². The number of anilines is 2. The van der Waals surface area contributed by atoms with Crippen LogP contribution >= 0.6 is 12.2 Å². The molecule has 0 atom stereocenters. The van der Waals surface area contributed by atoms with Crippen molar-refractivity contribution in [3.8, 4) is 0 Å². The van der Waals surface area contributed by atoms with E-state index >= 15 is 0 Å². The number of hydrogen-bond acceptors (Lipinski definition) is 1. The number of benzene rings is 2. The molecule has 0 fully saturated rings. The molecular formula is C17H15F3N2S. The minimum Gasteiger partial charge on any atom is -0.332 e. The van der Waals surface area contributed by atoms with Gasteiger partial charge in [0.15, 0.2) is 5.11 Å². The minimum atomic E-state index is -4.42. The second-order valence-electron chi connectivity index (χ2n) is 5.46. The van der Waals surface area contributed by atoms with Gasteiger partial charge in [-0.3, -0.25) is 0 Å². The SMILES string of the molecule is FC(F)(F)c1ccccc1NC(=S)Nc1ccc2c(c1)CCC2. The number of thiocarbonyl (C=S) groups is 1. The Labute approximate surface area is 137 Å². The normalized spacial score (nSPS) is 13.5. The van der Waals surface area contributed by atoms with Crippen molar-refractivity contribution in [3.05, 3.63) is 59.2 Å². The lowest BCUT2D eigenvalue weighted by atomic mass is 10.1. The Hall–Kier alpha value is -2.08. The topological polar surface area (TPSA) is 24.1 Å². The average Bonchev–Trinajstić information content (AvgIpc) is 2.94. The highest BCUT2D eigenvalue weighted by Gasteiger charge is 2.33. The summed E-state index contributed by atoms with van der Waals surface area (Å²) < 4.78 is 38.9. The van der Waals surface area contributed by atoms with Gasteiger partial charge in [0.2, 0.25) is 0 Å². The van der Waals surface area contributed by atoms with Crippen molar-refractivity contribution in [3.63, 3.8) is 0 Å². The van der Waals surface area contributed by atoms with Crippen molar-refractivity contribution in [2.75, 3.05) is 10.6 Å². The Bertz CT molecular complexity index is 741. The first kappa shape index (κ1) is 15.8. The van der Waals surface area contributed by atoms with Crippen molar-refractivity contribution < 1.29 is 13.2 Å². The average molecular weight is 336 g/mol. The molecule has 2 aromatic rings. The Morgan fingerprint density at radius 2 is 1.70 bits per heavy atom. The quantitative estimate of drug-likeness (QED) is 0.755. The van der Waals surface area contributed by atoms with Gasteiger partial charge in [-0.1, -0.05) is 18.2 Å². The molecule has 2 aromatic carbocycles. The number of aryl methyl sites for hydroxylation is 2. The molecule has 0 saturated heterocycles. The largest absolute Gasteiger partial charge is 0.418 e. The number of fused-ring (bicyclic) bond motifs is 1. The lowest BCUT2D eigenvalue weighted by molar-refractivity contribution is -0.136. The molecule has 0 radical (unpaired) electrons. The van der Waals surface area contributed by atoms with E-state index in [1.807, 2.05) is 18.2 Å². The van der Waals surface area contributed by atoms with Gasteiger partial charge in [0.05, 0.1) is 11.3 Å². The van der Waals surface area contributed by atoms with Crippen molar-refractivity contribution in [2.24, 2.45) is 0 Å². The van der Waals surface area contributed by atoms with Crippen LogP contribution in [0.25, 0.3) is 0 Å². The number of nitrogens with one attached hydrogen (secondary N) is 2. The molecule has 2 nitrogen and oxygen atoms in total. The molecule has 0 aliphatic heterocycles. The molecule has 0 spiro atoms. The third kappa shape index (κ3) is 3.64. The highest BCUT2D eigenvalue weighted by atomic mass is 32.1. The first-order valence-corrected chi connectivity index (χ1v) is 7.70. The smallest absolute Gasteiger partial charge is 0.332 e. The van der Waals surface area contributed by atoms with E-state index in [0.717, 1.165) is 31.0 Å². The van der Waals surface area contributed by atoms with Gasteiger partial charge < -0.3 is 10.6 Å². The summed E-state index contributed by atoms with van der Waals surface area (Å²) >= 11 is 5.14. The molecule has 0 heterocycles. The summed E-state index contributed by atoms with van der Waals surface area (Å²) in [6.45, 7) is 0. The van der Waals surface area contributed by atoms with Crippen LogP contribution in [0.5, 0.6) is 0 Å². The second kappa shape index (κ2) is 6.20. The van der Waals surface area contributed by atoms with Gasteiger partial charge in [-0.2, -0.15) is 13.2 Å². The third-order valence-corrected chi connectivity index (χ3v) is 4.04. The first-order chi connectivity index (χ1) is 10.9. The number of hydrogen-bond donors (Lipinski definition) is 2. The van der Waals surface area contributed by atoms with Crippen LogP contribution in [-0.4, -0.2) is 5.11 Å². The second-order valence-corrected chi connectivity index (χ2v) is 5.87. The van der Waals surface area contributed by atoms with E-state index in [0.29, 0.717) is 0 Å². The predicted octanol–water partition coefficient (Wildman–Crippen LogP) is 5.00. The Balaban J connectivity index is 1.73. The van der Waals surface area contributed by atoms with E-state index in [1.165, 1.54) is 29.3 Å². The molecule has 23 heavy (non-hydrogen) atoms. The maximum absolute atomic E-state index is 13.0. The van der Waals surface area contributed by atoms with Gasteiger partial charge in [-0.15, -0.1) is 0 Å². The standard InChI is InChI=1S/C17H15F3N2S/c18-17(19,20)14-6-1-2-7-15(14)22-16(23)21-13-9-8-11-4-3-5-12(11)10-13/h1-2,6-10H,3-5H2,(H2,21,22,23). The monoisotopic (exact) mass is 336 g/mol. The molecule has 0 unspecified atom stereocenters. The van der Waals surface area contributed by atoms with Crippen LogP contribution in [0.15, 0.2) is 42.5 Å². The van der Waals surface area contributed by atoms with Crippen LogP contribution < -0.4 is 10.6 Å². The van der Waals surface area contributed by atoms with Crippen LogP contribution in [0, 0.1) is 0 Å². The van der Waals surface area contributed by atoms with Gasteiger partial charge >= 0.3 is 6.18 Å². The maximum atomic E-state index is 13.0. The summed E-state index contributed by atoms with van der Waals surface area (Å²) in [6, 6.07) is 11.2. The fourth-order valence-electron chi connectivity index (χ4n) is 2.77. The lowest BCUT2D eigenvalue weighted by Crippen LogP contribution is -2.21. The number of halogens is 3. The molecule has 1 aliphatic rings. The molecule has 0 bridgehead atoms. The molecule has 2 N–H and O–H groups in total. The summed E-state index contributed by atoms with van der Waals surface area (Å²) in [5.74, 6) is 0. The van der Waals surface area contributed by atoms with E-state index in [1.54, 1.807) is 0 Å². The van der Waals surface area contributed by atoms with E-state index in [-0.39, 0.29) is 10.8 Å². The highest BCUT2D eigenvalue weighted by molar-refractivity contribution is 7.80. The molecule has 3 rings (SSSR count). The number of rotatable bonds is 2. The zero-order chi connectivity index (χ0) is 16.4. The number of para-hydroxylation sites is 1. The van der Waals surface area contributed by atoms with Crippen LogP contribution in [0.4, 0.5) is 24.5 Å². The first-order valence-electron chi connectivity index (χ1n) is 7.29. The highest BCUT2D eigenvalue weighted by Crippen LogP contribution is 2.34. The Morgan fingerprint density at radius 1 is 0.957 bits per heavy atom. The summed E-state index contributed by atoms with van der Waals surface area (Å²) in [5, 5.41) is 5.72. The molecule has 0 amide bonds. The van der Waals surface area contributed by atoms with E-state index < -0.39 is 11.7 Å². The molecule has 1 aliphatic carbocycles. The van der Waals surface area contributed by atoms with Gasteiger partial charge in [0, 0.05) is 5.69 Å². The van der Waals surface area contributed by atoms with Gasteiger partial charge in [0.1, 0.15) is 0 Å². The Morgan fingerprint density at radius 3 is 2.48 bits per heavy atom. The fraction of sp³-hybridized carbons (Fsp3) is 0.235. The number of alkyl halides is 3. The van der Waals surface area contributed by atoms with Crippen molar-refractivity contribution >= 4 is 28.7 Å². The Kier molecular flexibility index (Phi) is 4.26. The van der Waals surface area contributed by atoms with E-state index in [2.05, 4.69) is 10.6 Å². The van der Waals surface area contributed by atoms with Gasteiger partial charge in [-0.05, 0) is 66.9 Å². The van der Waals surface area contributed by atoms with Crippen molar-refractivity contribution in [1.82, 2.24) is 0 Å². The van der Waals surface area contributed by atoms with Crippen LogP contribution in [0.3, 0.4) is 0 Å². The molecular weight excluding hydrogens is 321 g/mol. The van der Waals surface area contributed by atoms with E-state index in [9.17, 15) is 13.2 Å². The maximum Gasteiger partial charge on any atom is 0.418 e. The van der Waals surface area contributed by atoms with E-state index in [4.69, 9.17) is 12.2 Å². The lowest BCUT2D eigenvalue weighted by Gasteiger charge is -2.16. The van der Waals surface area contributed by atoms with Gasteiger partial charge in [-0.25, -0.2) is 0 Å². The summed E-state index contributed by atoms with van der Waals surface area (Å²) in [7, 11) is 0. The van der Waals surface area contributed by atoms with Crippen LogP contribution in [-0.2, 0) is 19.0 Å². The van der Waals surface area contributed by atoms with Gasteiger partial charge in [0.25, 0.3) is 0 Å². The molecule has 0 saturated carbocycles.